The van der Waals surface area contributed by atoms with Crippen molar-refractivity contribution >= 4 is 66.2 Å². The van der Waals surface area contributed by atoms with E-state index in [1.807, 2.05) is 54.0 Å². The highest BCUT2D eigenvalue weighted by Gasteiger charge is 2.18. The Morgan fingerprint density at radius 2 is 1.97 bits per heavy atom. The zero-order valence-electron chi connectivity index (χ0n) is 16.6. The number of carbonyl (C=O) groups is 1. The summed E-state index contributed by atoms with van der Waals surface area (Å²) in [4.78, 5) is 12.5. The number of nitrogens with one attached hydrogen (secondary N) is 1. The van der Waals surface area contributed by atoms with Gasteiger partial charge in [-0.1, -0.05) is 49.7 Å². The number of aromatic nitrogens is 3. The zero-order valence-corrected chi connectivity index (χ0v) is 20.6. The van der Waals surface area contributed by atoms with Crippen LogP contribution in [0.3, 0.4) is 0 Å². The number of rotatable bonds is 7. The number of fused-ring (bicyclic) bond motifs is 1. The maximum atomic E-state index is 12.5. The Kier molecular flexibility index (Phi) is 6.64. The molecular formula is C22H18Br2N4O2S. The quantitative estimate of drug-likeness (QED) is 0.207. The largest absolute Gasteiger partial charge is 0.453 e. The maximum Gasteiger partial charge on any atom is 0.234 e. The molecule has 0 bridgehead atoms. The molecule has 4 aromatic rings. The van der Waals surface area contributed by atoms with Crippen LogP contribution in [0.1, 0.15) is 5.56 Å². The monoisotopic (exact) mass is 560 g/mol. The molecule has 4 rings (SSSR count). The molecule has 9 heteroatoms. The lowest BCUT2D eigenvalue weighted by Crippen LogP contribution is -2.15. The van der Waals surface area contributed by atoms with Crippen LogP contribution in [0.25, 0.3) is 22.6 Å². The Hall–Kier alpha value is -2.36. The Labute approximate surface area is 200 Å². The number of benzene rings is 2. The van der Waals surface area contributed by atoms with Crippen LogP contribution >= 0.6 is 43.6 Å². The number of thioether (sulfide) groups is 1. The van der Waals surface area contributed by atoms with Gasteiger partial charge in [0.1, 0.15) is 5.58 Å². The highest BCUT2D eigenvalue weighted by molar-refractivity contribution is 9.10. The molecule has 0 aliphatic carbocycles. The van der Waals surface area contributed by atoms with Crippen LogP contribution in [0.5, 0.6) is 0 Å². The first-order valence-electron chi connectivity index (χ1n) is 9.37. The molecule has 0 atom stereocenters. The number of nitrogens with zero attached hydrogens (tertiary/aromatic N) is 3. The van der Waals surface area contributed by atoms with E-state index in [0.717, 1.165) is 31.2 Å². The minimum atomic E-state index is -0.112. The van der Waals surface area contributed by atoms with Crippen molar-refractivity contribution in [3.05, 3.63) is 69.6 Å². The molecule has 2 aromatic heterocycles. The predicted octanol–water partition coefficient (Wildman–Crippen LogP) is 6.44. The van der Waals surface area contributed by atoms with E-state index in [2.05, 4.69) is 54.0 Å². The van der Waals surface area contributed by atoms with Crippen LogP contribution < -0.4 is 5.32 Å². The van der Waals surface area contributed by atoms with Gasteiger partial charge in [-0.2, -0.15) is 0 Å². The lowest BCUT2D eigenvalue weighted by molar-refractivity contribution is -0.113. The number of allylic oxidation sites excluding steroid dienone is 1. The molecule has 0 unspecified atom stereocenters. The summed E-state index contributed by atoms with van der Waals surface area (Å²) in [7, 11) is 0. The molecule has 0 radical (unpaired) electrons. The van der Waals surface area contributed by atoms with E-state index in [9.17, 15) is 4.79 Å². The number of hydrogen-bond donors (Lipinski definition) is 1. The van der Waals surface area contributed by atoms with E-state index in [-0.39, 0.29) is 11.7 Å². The Bertz CT molecular complexity index is 1280. The van der Waals surface area contributed by atoms with Crippen LogP contribution in [-0.2, 0) is 11.3 Å². The minimum Gasteiger partial charge on any atom is -0.453 e. The Balaban J connectivity index is 1.52. The molecule has 158 valence electrons. The number of aryl methyl sites for hydroxylation is 1. The molecule has 0 aliphatic heterocycles. The van der Waals surface area contributed by atoms with Gasteiger partial charge in [0.25, 0.3) is 0 Å². The van der Waals surface area contributed by atoms with Crippen molar-refractivity contribution in [2.45, 2.75) is 18.6 Å². The molecule has 2 heterocycles. The van der Waals surface area contributed by atoms with Gasteiger partial charge in [0, 0.05) is 26.6 Å². The zero-order chi connectivity index (χ0) is 22.0. The second-order valence-electron chi connectivity index (χ2n) is 6.79. The molecule has 0 saturated carbocycles. The average molecular weight is 562 g/mol. The van der Waals surface area contributed by atoms with Crippen molar-refractivity contribution in [3.8, 4) is 11.6 Å². The lowest BCUT2D eigenvalue weighted by atomic mass is 10.2. The molecule has 0 aliphatic rings. The summed E-state index contributed by atoms with van der Waals surface area (Å²) in [5.41, 5.74) is 2.54. The summed E-state index contributed by atoms with van der Waals surface area (Å²) >= 11 is 8.22. The number of anilines is 1. The van der Waals surface area contributed by atoms with Gasteiger partial charge in [0.15, 0.2) is 10.9 Å². The minimum absolute atomic E-state index is 0.112. The summed E-state index contributed by atoms with van der Waals surface area (Å²) in [6.45, 7) is 6.28. The normalized spacial score (nSPS) is 11.1. The van der Waals surface area contributed by atoms with Crippen molar-refractivity contribution in [3.63, 3.8) is 0 Å². The number of furan rings is 1. The lowest BCUT2D eigenvalue weighted by Gasteiger charge is -2.09. The number of hydrogen-bond acceptors (Lipinski definition) is 5. The van der Waals surface area contributed by atoms with Crippen LogP contribution in [0.2, 0.25) is 0 Å². The van der Waals surface area contributed by atoms with E-state index in [1.54, 1.807) is 6.08 Å². The fourth-order valence-electron chi connectivity index (χ4n) is 3.08. The first-order chi connectivity index (χ1) is 14.9. The van der Waals surface area contributed by atoms with Crippen molar-refractivity contribution in [1.29, 1.82) is 0 Å². The summed E-state index contributed by atoms with van der Waals surface area (Å²) < 4.78 is 9.81. The average Bonchev–Trinajstić information content (AvgIpc) is 3.32. The van der Waals surface area contributed by atoms with Crippen molar-refractivity contribution in [2.24, 2.45) is 0 Å². The van der Waals surface area contributed by atoms with Gasteiger partial charge < -0.3 is 9.73 Å². The van der Waals surface area contributed by atoms with E-state index in [0.29, 0.717) is 23.3 Å². The van der Waals surface area contributed by atoms with E-state index >= 15 is 0 Å². The maximum absolute atomic E-state index is 12.5. The molecule has 6 nitrogen and oxygen atoms in total. The van der Waals surface area contributed by atoms with Crippen LogP contribution in [0.4, 0.5) is 5.69 Å². The van der Waals surface area contributed by atoms with Gasteiger partial charge in [-0.05, 0) is 55.0 Å². The van der Waals surface area contributed by atoms with Crippen LogP contribution in [-0.4, -0.2) is 26.4 Å². The third-order valence-corrected chi connectivity index (χ3v) is 6.48. The molecule has 1 amide bonds. The Morgan fingerprint density at radius 3 is 2.74 bits per heavy atom. The molecule has 31 heavy (non-hydrogen) atoms. The number of halogens is 2. The predicted molar refractivity (Wildman–Crippen MR) is 131 cm³/mol. The fourth-order valence-corrected chi connectivity index (χ4v) is 4.68. The topological polar surface area (TPSA) is 73.0 Å². The molecule has 0 saturated heterocycles. The summed E-state index contributed by atoms with van der Waals surface area (Å²) in [6.07, 6.45) is 1.77. The molecular weight excluding hydrogens is 544 g/mol. The number of carbonyl (C=O) groups excluding carboxylic acids is 1. The van der Waals surface area contributed by atoms with E-state index in [4.69, 9.17) is 4.42 Å². The second kappa shape index (κ2) is 9.42. The van der Waals surface area contributed by atoms with Gasteiger partial charge in [0.2, 0.25) is 11.7 Å². The standard InChI is InChI=1S/C22H18Br2N4O2S/c1-3-8-28-21(19-11-14-10-16(24)5-7-18(14)30-19)26-27-22(28)31-12-20(29)25-17-6-4-15(23)9-13(17)2/h3-7,9-11H,1,8,12H2,2H3,(H,25,29). The molecule has 0 fully saturated rings. The third-order valence-electron chi connectivity index (χ3n) is 4.52. The summed E-state index contributed by atoms with van der Waals surface area (Å²) in [6, 6.07) is 13.5. The van der Waals surface area contributed by atoms with Gasteiger partial charge in [-0.3, -0.25) is 9.36 Å². The van der Waals surface area contributed by atoms with E-state index < -0.39 is 0 Å². The van der Waals surface area contributed by atoms with Crippen molar-refractivity contribution < 1.29 is 9.21 Å². The Morgan fingerprint density at radius 1 is 1.19 bits per heavy atom. The summed E-state index contributed by atoms with van der Waals surface area (Å²) in [5, 5.41) is 13.1. The van der Waals surface area contributed by atoms with Crippen molar-refractivity contribution in [1.82, 2.24) is 14.8 Å². The van der Waals surface area contributed by atoms with E-state index in [1.165, 1.54) is 11.8 Å². The first kappa shape index (κ1) is 21.9. The SMILES string of the molecule is C=CCn1c(SCC(=O)Nc2ccc(Br)cc2C)nnc1-c1cc2cc(Br)ccc2o1. The number of amides is 1. The van der Waals surface area contributed by atoms with Gasteiger partial charge >= 0.3 is 0 Å². The van der Waals surface area contributed by atoms with Gasteiger partial charge in [-0.15, -0.1) is 16.8 Å². The fraction of sp³-hybridized carbons (Fsp3) is 0.136. The van der Waals surface area contributed by atoms with Gasteiger partial charge in [-0.25, -0.2) is 0 Å². The van der Waals surface area contributed by atoms with Crippen LogP contribution in [0.15, 0.2) is 73.6 Å². The van der Waals surface area contributed by atoms with Crippen LogP contribution in [0, 0.1) is 6.92 Å². The van der Waals surface area contributed by atoms with Crippen molar-refractivity contribution in [2.75, 3.05) is 11.1 Å². The third kappa shape index (κ3) is 4.94. The second-order valence-corrected chi connectivity index (χ2v) is 9.57. The molecule has 0 spiro atoms. The summed E-state index contributed by atoms with van der Waals surface area (Å²) in [5.74, 6) is 1.31. The highest BCUT2D eigenvalue weighted by Crippen LogP contribution is 2.31. The molecule has 2 aromatic carbocycles. The molecule has 1 N–H and O–H groups in total. The smallest absolute Gasteiger partial charge is 0.234 e. The highest BCUT2D eigenvalue weighted by atomic mass is 79.9. The first-order valence-corrected chi connectivity index (χ1v) is 11.9. The van der Waals surface area contributed by atoms with Gasteiger partial charge in [0.05, 0.1) is 5.75 Å².